The molecule has 0 spiro atoms. The van der Waals surface area contributed by atoms with Crippen molar-refractivity contribution in [3.05, 3.63) is 34.9 Å². The maximum Gasteiger partial charge on any atom is 0.260 e. The minimum absolute atomic E-state index is 0.164. The third-order valence-electron chi connectivity index (χ3n) is 2.74. The van der Waals surface area contributed by atoms with Crippen LogP contribution in [-0.2, 0) is 4.79 Å². The molecule has 0 bridgehead atoms. The quantitative estimate of drug-likeness (QED) is 0.601. The number of carbonyl (C=O) groups excluding carboxylic acids is 1. The third kappa shape index (κ3) is 1.46. The van der Waals surface area contributed by atoms with E-state index in [1.807, 2.05) is 6.07 Å². The summed E-state index contributed by atoms with van der Waals surface area (Å²) in [5, 5.41) is 3.96. The summed E-state index contributed by atoms with van der Waals surface area (Å²) >= 11 is 0. The molecule has 3 rings (SSSR count). The Balaban J connectivity index is 2.43. The van der Waals surface area contributed by atoms with Gasteiger partial charge in [-0.3, -0.25) is 9.59 Å². The van der Waals surface area contributed by atoms with Crippen molar-refractivity contribution in [2.24, 2.45) is 0 Å². The number of para-hydroxylation sites is 1. The Bertz CT molecular complexity index is 816. The fourth-order valence-electron chi connectivity index (χ4n) is 2.05. The minimum atomic E-state index is -0.203. The van der Waals surface area contributed by atoms with Crippen LogP contribution in [0.5, 0.6) is 0 Å². The van der Waals surface area contributed by atoms with Crippen LogP contribution in [-0.4, -0.2) is 20.9 Å². The molecule has 0 radical (unpaired) electrons. The molecule has 0 fully saturated rings. The van der Waals surface area contributed by atoms with E-state index in [0.29, 0.717) is 22.2 Å². The Morgan fingerprint density at radius 2 is 2.22 bits per heavy atom. The maximum atomic E-state index is 11.8. The number of hydrogen-bond donors (Lipinski definition) is 3. The summed E-state index contributed by atoms with van der Waals surface area (Å²) in [5.74, 6) is -0.164. The van der Waals surface area contributed by atoms with Gasteiger partial charge in [0.15, 0.2) is 0 Å². The van der Waals surface area contributed by atoms with Crippen molar-refractivity contribution in [2.75, 3.05) is 5.32 Å². The summed E-state index contributed by atoms with van der Waals surface area (Å²) in [6.45, 7) is 1.44. The first kappa shape index (κ1) is 10.5. The van der Waals surface area contributed by atoms with Crippen molar-refractivity contribution in [2.45, 2.75) is 6.92 Å². The Kier molecular flexibility index (Phi) is 2.16. The maximum absolute atomic E-state index is 11.8. The van der Waals surface area contributed by atoms with Crippen molar-refractivity contribution in [1.29, 1.82) is 0 Å². The monoisotopic (exact) mass is 242 g/mol. The van der Waals surface area contributed by atoms with Gasteiger partial charge in [0.2, 0.25) is 5.91 Å². The number of fused-ring (bicyclic) bond motifs is 3. The lowest BCUT2D eigenvalue weighted by molar-refractivity contribution is -0.114. The van der Waals surface area contributed by atoms with Crippen LogP contribution in [0.4, 0.5) is 5.69 Å². The van der Waals surface area contributed by atoms with Crippen molar-refractivity contribution in [3.8, 4) is 0 Å². The van der Waals surface area contributed by atoms with Gasteiger partial charge >= 0.3 is 0 Å². The van der Waals surface area contributed by atoms with Crippen molar-refractivity contribution < 1.29 is 4.79 Å². The summed E-state index contributed by atoms with van der Waals surface area (Å²) in [6.07, 6.45) is 1.35. The molecule has 0 saturated carbocycles. The summed E-state index contributed by atoms with van der Waals surface area (Å²) in [7, 11) is 0. The Labute approximate surface area is 101 Å². The Morgan fingerprint density at radius 3 is 3.00 bits per heavy atom. The van der Waals surface area contributed by atoms with E-state index >= 15 is 0 Å². The second-order valence-electron chi connectivity index (χ2n) is 3.99. The van der Waals surface area contributed by atoms with Crippen molar-refractivity contribution in [1.82, 2.24) is 15.0 Å². The van der Waals surface area contributed by atoms with E-state index in [9.17, 15) is 9.59 Å². The van der Waals surface area contributed by atoms with E-state index in [2.05, 4.69) is 20.3 Å². The molecular formula is C12H10N4O2. The molecule has 18 heavy (non-hydrogen) atoms. The van der Waals surface area contributed by atoms with Crippen LogP contribution in [0.3, 0.4) is 0 Å². The molecule has 0 aliphatic rings. The van der Waals surface area contributed by atoms with Crippen LogP contribution in [0, 0.1) is 0 Å². The number of aromatic nitrogens is 3. The molecule has 2 aromatic heterocycles. The number of rotatable bonds is 1. The average molecular weight is 242 g/mol. The van der Waals surface area contributed by atoms with Gasteiger partial charge in [-0.15, -0.1) is 0 Å². The molecule has 0 unspecified atom stereocenters. The normalized spacial score (nSPS) is 10.9. The smallest absolute Gasteiger partial charge is 0.260 e. The van der Waals surface area contributed by atoms with E-state index < -0.39 is 0 Å². The number of aromatic amines is 2. The lowest BCUT2D eigenvalue weighted by atomic mass is 10.2. The van der Waals surface area contributed by atoms with Crippen LogP contribution < -0.4 is 10.9 Å². The van der Waals surface area contributed by atoms with Crippen LogP contribution in [0.1, 0.15) is 6.92 Å². The Morgan fingerprint density at radius 1 is 1.39 bits per heavy atom. The molecule has 3 N–H and O–H groups in total. The molecule has 1 amide bonds. The van der Waals surface area contributed by atoms with Gasteiger partial charge in [-0.1, -0.05) is 12.1 Å². The molecule has 0 atom stereocenters. The minimum Gasteiger partial charge on any atom is -0.337 e. The standard InChI is InChI=1S/C12H10N4O2/c1-6(17)15-8-4-2-3-7-9-11(16-10(7)8)13-5-14-12(9)18/h2-5H,1H3,(H,15,17)(H2,13,14,16,18). The fraction of sp³-hybridized carbons (Fsp3) is 0.0833. The second-order valence-corrected chi connectivity index (χ2v) is 3.99. The molecule has 6 nitrogen and oxygen atoms in total. The number of anilines is 1. The van der Waals surface area contributed by atoms with E-state index in [-0.39, 0.29) is 11.5 Å². The van der Waals surface area contributed by atoms with Gasteiger partial charge in [0, 0.05) is 12.3 Å². The van der Waals surface area contributed by atoms with Gasteiger partial charge in [-0.05, 0) is 6.07 Å². The molecule has 0 aliphatic heterocycles. The lowest BCUT2D eigenvalue weighted by Gasteiger charge is -2.02. The molecule has 90 valence electrons. The molecular weight excluding hydrogens is 232 g/mol. The van der Waals surface area contributed by atoms with Crippen molar-refractivity contribution in [3.63, 3.8) is 0 Å². The number of H-pyrrole nitrogens is 2. The van der Waals surface area contributed by atoms with Crippen LogP contribution in [0.15, 0.2) is 29.3 Å². The molecule has 0 saturated heterocycles. The van der Waals surface area contributed by atoms with Gasteiger partial charge in [0.1, 0.15) is 5.65 Å². The highest BCUT2D eigenvalue weighted by atomic mass is 16.1. The van der Waals surface area contributed by atoms with Gasteiger partial charge in [0.05, 0.1) is 22.9 Å². The van der Waals surface area contributed by atoms with Crippen LogP contribution in [0.25, 0.3) is 21.9 Å². The third-order valence-corrected chi connectivity index (χ3v) is 2.74. The van der Waals surface area contributed by atoms with Gasteiger partial charge in [-0.25, -0.2) is 4.98 Å². The first-order valence-corrected chi connectivity index (χ1v) is 5.42. The highest BCUT2D eigenvalue weighted by molar-refractivity contribution is 6.11. The first-order chi connectivity index (χ1) is 8.66. The van der Waals surface area contributed by atoms with Crippen LogP contribution in [0.2, 0.25) is 0 Å². The topological polar surface area (TPSA) is 90.6 Å². The number of nitrogens with one attached hydrogen (secondary N) is 3. The number of nitrogens with zero attached hydrogens (tertiary/aromatic N) is 1. The summed E-state index contributed by atoms with van der Waals surface area (Å²) in [5.41, 5.74) is 1.64. The van der Waals surface area contributed by atoms with Crippen LogP contribution >= 0.6 is 0 Å². The number of amides is 1. The molecule has 6 heteroatoms. The van der Waals surface area contributed by atoms with Crippen molar-refractivity contribution >= 4 is 33.5 Å². The molecule has 2 heterocycles. The predicted molar refractivity (Wildman–Crippen MR) is 68.5 cm³/mol. The Hall–Kier alpha value is -2.63. The highest BCUT2D eigenvalue weighted by Gasteiger charge is 2.11. The zero-order valence-corrected chi connectivity index (χ0v) is 9.57. The average Bonchev–Trinajstić information content (AvgIpc) is 2.69. The lowest BCUT2D eigenvalue weighted by Crippen LogP contribution is -2.06. The van der Waals surface area contributed by atoms with E-state index in [1.165, 1.54) is 13.3 Å². The second kappa shape index (κ2) is 3.69. The first-order valence-electron chi connectivity index (χ1n) is 5.42. The van der Waals surface area contributed by atoms with Gasteiger partial charge in [0.25, 0.3) is 5.56 Å². The largest absolute Gasteiger partial charge is 0.337 e. The molecule has 1 aromatic carbocycles. The number of benzene rings is 1. The van der Waals surface area contributed by atoms with Gasteiger partial charge in [-0.2, -0.15) is 0 Å². The summed E-state index contributed by atoms with van der Waals surface area (Å²) in [6, 6.07) is 5.37. The van der Waals surface area contributed by atoms with Gasteiger partial charge < -0.3 is 15.3 Å². The zero-order valence-electron chi connectivity index (χ0n) is 9.57. The predicted octanol–water partition coefficient (Wildman–Crippen LogP) is 1.36. The molecule has 3 aromatic rings. The number of hydrogen-bond acceptors (Lipinski definition) is 3. The summed E-state index contributed by atoms with van der Waals surface area (Å²) in [4.78, 5) is 32.6. The van der Waals surface area contributed by atoms with E-state index in [4.69, 9.17) is 0 Å². The number of carbonyl (C=O) groups is 1. The fourth-order valence-corrected chi connectivity index (χ4v) is 2.05. The SMILES string of the molecule is CC(=O)Nc1cccc2c1[nH]c1nc[nH]c(=O)c12. The zero-order chi connectivity index (χ0) is 12.7. The highest BCUT2D eigenvalue weighted by Crippen LogP contribution is 2.27. The summed E-state index contributed by atoms with van der Waals surface area (Å²) < 4.78 is 0. The molecule has 0 aliphatic carbocycles. The van der Waals surface area contributed by atoms with E-state index in [0.717, 1.165) is 5.39 Å². The van der Waals surface area contributed by atoms with E-state index in [1.54, 1.807) is 12.1 Å².